The molecular formula is C20H24O3. The molecule has 0 saturated heterocycles. The third-order valence-corrected chi connectivity index (χ3v) is 3.29. The maximum absolute atomic E-state index is 8.84. The van der Waals surface area contributed by atoms with Crippen molar-refractivity contribution in [2.24, 2.45) is 5.41 Å². The van der Waals surface area contributed by atoms with Gasteiger partial charge < -0.3 is 14.6 Å². The van der Waals surface area contributed by atoms with Gasteiger partial charge in [-0.25, -0.2) is 0 Å². The monoisotopic (exact) mass is 312 g/mol. The molecule has 0 bridgehead atoms. The van der Waals surface area contributed by atoms with E-state index in [9.17, 15) is 0 Å². The van der Waals surface area contributed by atoms with Crippen molar-refractivity contribution in [2.75, 3.05) is 13.2 Å². The highest BCUT2D eigenvalue weighted by Gasteiger charge is 2.13. The third kappa shape index (κ3) is 6.27. The molecule has 122 valence electrons. The second kappa shape index (κ2) is 8.51. The molecule has 0 aromatic heterocycles. The van der Waals surface area contributed by atoms with Crippen molar-refractivity contribution in [1.29, 1.82) is 0 Å². The Labute approximate surface area is 138 Å². The number of aliphatic hydroxyl groups is 1. The summed E-state index contributed by atoms with van der Waals surface area (Å²) in [5, 5.41) is 8.84. The molecule has 0 atom stereocenters. The molecule has 3 heteroatoms. The number of benzene rings is 2. The van der Waals surface area contributed by atoms with Crippen LogP contribution < -0.4 is 4.74 Å². The fourth-order valence-electron chi connectivity index (χ4n) is 2.18. The van der Waals surface area contributed by atoms with E-state index in [1.807, 2.05) is 60.7 Å². The molecule has 0 radical (unpaired) electrons. The first-order chi connectivity index (χ1) is 11.1. The number of rotatable bonds is 8. The van der Waals surface area contributed by atoms with E-state index in [2.05, 4.69) is 13.8 Å². The Morgan fingerprint density at radius 3 is 2.48 bits per heavy atom. The molecule has 0 amide bonds. The molecule has 0 unspecified atom stereocenters. The van der Waals surface area contributed by atoms with Gasteiger partial charge in [0, 0.05) is 5.41 Å². The van der Waals surface area contributed by atoms with Crippen molar-refractivity contribution < 1.29 is 14.6 Å². The zero-order chi connectivity index (χ0) is 16.5. The second-order valence-corrected chi connectivity index (χ2v) is 6.13. The highest BCUT2D eigenvalue weighted by molar-refractivity contribution is 5.33. The highest BCUT2D eigenvalue weighted by atomic mass is 16.5. The van der Waals surface area contributed by atoms with Gasteiger partial charge >= 0.3 is 0 Å². The van der Waals surface area contributed by atoms with Crippen LogP contribution in [0.4, 0.5) is 0 Å². The molecule has 0 spiro atoms. The summed E-state index contributed by atoms with van der Waals surface area (Å²) in [5.74, 6) is 1.62. The van der Waals surface area contributed by atoms with Crippen molar-refractivity contribution in [3.05, 3.63) is 72.3 Å². The Bertz CT molecular complexity index is 618. The topological polar surface area (TPSA) is 38.7 Å². The Morgan fingerprint density at radius 1 is 1.00 bits per heavy atom. The Kier molecular flexibility index (Phi) is 6.39. The SMILES string of the molecule is CC(C)(C=CCO)COCc1cccc(Oc2ccccc2)c1. The zero-order valence-electron chi connectivity index (χ0n) is 13.7. The van der Waals surface area contributed by atoms with Crippen LogP contribution in [-0.2, 0) is 11.3 Å². The summed E-state index contributed by atoms with van der Waals surface area (Å²) >= 11 is 0. The number of aliphatic hydroxyl groups excluding tert-OH is 1. The molecule has 0 saturated carbocycles. The molecule has 23 heavy (non-hydrogen) atoms. The van der Waals surface area contributed by atoms with E-state index >= 15 is 0 Å². The lowest BCUT2D eigenvalue weighted by Gasteiger charge is -2.20. The quantitative estimate of drug-likeness (QED) is 0.726. The van der Waals surface area contributed by atoms with E-state index in [1.54, 1.807) is 6.08 Å². The van der Waals surface area contributed by atoms with Gasteiger partial charge in [-0.15, -0.1) is 0 Å². The fourth-order valence-corrected chi connectivity index (χ4v) is 2.18. The standard InChI is InChI=1S/C20H24O3/c1-20(2,12-7-13-21)16-22-15-17-8-6-11-19(14-17)23-18-9-4-3-5-10-18/h3-12,14,21H,13,15-16H2,1-2H3. The summed E-state index contributed by atoms with van der Waals surface area (Å²) in [6, 6.07) is 17.6. The van der Waals surface area contributed by atoms with Gasteiger partial charge in [0.05, 0.1) is 19.8 Å². The van der Waals surface area contributed by atoms with Gasteiger partial charge in [-0.3, -0.25) is 0 Å². The largest absolute Gasteiger partial charge is 0.457 e. The Morgan fingerprint density at radius 2 is 1.74 bits per heavy atom. The summed E-state index contributed by atoms with van der Waals surface area (Å²) in [6.07, 6.45) is 3.72. The molecule has 1 N–H and O–H groups in total. The molecule has 3 nitrogen and oxygen atoms in total. The number of ether oxygens (including phenoxy) is 2. The van der Waals surface area contributed by atoms with Crippen molar-refractivity contribution in [1.82, 2.24) is 0 Å². The first kappa shape index (κ1) is 17.3. The molecule has 2 aromatic rings. The molecule has 2 aromatic carbocycles. The van der Waals surface area contributed by atoms with E-state index in [0.717, 1.165) is 17.1 Å². The molecule has 0 aliphatic heterocycles. The normalized spacial score (nSPS) is 11.8. The van der Waals surface area contributed by atoms with Crippen LogP contribution in [0.3, 0.4) is 0 Å². The fraction of sp³-hybridized carbons (Fsp3) is 0.300. The van der Waals surface area contributed by atoms with Crippen LogP contribution in [0.5, 0.6) is 11.5 Å². The molecular weight excluding hydrogens is 288 g/mol. The molecule has 2 rings (SSSR count). The van der Waals surface area contributed by atoms with Gasteiger partial charge in [0.25, 0.3) is 0 Å². The molecule has 0 fully saturated rings. The van der Waals surface area contributed by atoms with Gasteiger partial charge in [-0.05, 0) is 29.8 Å². The molecule has 0 aliphatic carbocycles. The van der Waals surface area contributed by atoms with E-state index in [-0.39, 0.29) is 12.0 Å². The van der Waals surface area contributed by atoms with Crippen molar-refractivity contribution >= 4 is 0 Å². The number of para-hydroxylation sites is 1. The lowest BCUT2D eigenvalue weighted by atomic mass is 9.94. The van der Waals surface area contributed by atoms with Gasteiger partial charge in [0.2, 0.25) is 0 Å². The van der Waals surface area contributed by atoms with Gasteiger partial charge in [0.1, 0.15) is 11.5 Å². The summed E-state index contributed by atoms with van der Waals surface area (Å²) in [6.45, 7) is 5.33. The van der Waals surface area contributed by atoms with Crippen molar-refractivity contribution in [3.8, 4) is 11.5 Å². The van der Waals surface area contributed by atoms with E-state index in [4.69, 9.17) is 14.6 Å². The van der Waals surface area contributed by atoms with E-state index < -0.39 is 0 Å². The first-order valence-corrected chi connectivity index (χ1v) is 7.77. The number of hydrogen-bond donors (Lipinski definition) is 1. The highest BCUT2D eigenvalue weighted by Crippen LogP contribution is 2.23. The maximum Gasteiger partial charge on any atom is 0.127 e. The Hall–Kier alpha value is -2.10. The van der Waals surface area contributed by atoms with Crippen molar-refractivity contribution in [2.45, 2.75) is 20.5 Å². The van der Waals surface area contributed by atoms with Crippen LogP contribution in [0.25, 0.3) is 0 Å². The maximum atomic E-state index is 8.84. The van der Waals surface area contributed by atoms with Gasteiger partial charge in [0.15, 0.2) is 0 Å². The lowest BCUT2D eigenvalue weighted by Crippen LogP contribution is -2.16. The molecule has 0 aliphatic rings. The summed E-state index contributed by atoms with van der Waals surface area (Å²) in [5.41, 5.74) is 0.973. The zero-order valence-corrected chi connectivity index (χ0v) is 13.7. The summed E-state index contributed by atoms with van der Waals surface area (Å²) in [7, 11) is 0. The average Bonchev–Trinajstić information content (AvgIpc) is 2.54. The van der Waals surface area contributed by atoms with E-state index in [1.165, 1.54) is 0 Å². The van der Waals surface area contributed by atoms with Crippen LogP contribution >= 0.6 is 0 Å². The predicted molar refractivity (Wildman–Crippen MR) is 92.6 cm³/mol. The van der Waals surface area contributed by atoms with Crippen LogP contribution in [0.1, 0.15) is 19.4 Å². The third-order valence-electron chi connectivity index (χ3n) is 3.29. The van der Waals surface area contributed by atoms with Crippen LogP contribution in [-0.4, -0.2) is 18.3 Å². The van der Waals surface area contributed by atoms with Gasteiger partial charge in [-0.2, -0.15) is 0 Å². The predicted octanol–water partition coefficient (Wildman–Crippen LogP) is 4.57. The summed E-state index contributed by atoms with van der Waals surface area (Å²) < 4.78 is 11.6. The molecule has 0 heterocycles. The van der Waals surface area contributed by atoms with Crippen molar-refractivity contribution in [3.63, 3.8) is 0 Å². The summed E-state index contributed by atoms with van der Waals surface area (Å²) in [4.78, 5) is 0. The lowest BCUT2D eigenvalue weighted by molar-refractivity contribution is 0.0714. The minimum atomic E-state index is -0.0964. The number of hydrogen-bond acceptors (Lipinski definition) is 3. The Balaban J connectivity index is 1.89. The van der Waals surface area contributed by atoms with E-state index in [0.29, 0.717) is 13.2 Å². The first-order valence-electron chi connectivity index (χ1n) is 7.77. The van der Waals surface area contributed by atoms with Crippen LogP contribution in [0.15, 0.2) is 66.7 Å². The second-order valence-electron chi connectivity index (χ2n) is 6.13. The van der Waals surface area contributed by atoms with Crippen LogP contribution in [0.2, 0.25) is 0 Å². The minimum absolute atomic E-state index is 0.0578. The minimum Gasteiger partial charge on any atom is -0.457 e. The van der Waals surface area contributed by atoms with Gasteiger partial charge in [-0.1, -0.05) is 56.3 Å². The smallest absolute Gasteiger partial charge is 0.127 e. The average molecular weight is 312 g/mol. The van der Waals surface area contributed by atoms with Crippen LogP contribution in [0, 0.1) is 5.41 Å².